The number of anilines is 2. The lowest BCUT2D eigenvalue weighted by Crippen LogP contribution is -2.39. The van der Waals surface area contributed by atoms with Gasteiger partial charge in [0.05, 0.1) is 6.61 Å². The Morgan fingerprint density at radius 3 is 2.90 bits per heavy atom. The number of rotatable bonds is 4. The average molecular weight is 284 g/mol. The summed E-state index contributed by atoms with van der Waals surface area (Å²) in [5.41, 5.74) is 2.79. The topological polar surface area (TPSA) is 61.3 Å². The Balaban J connectivity index is 1.84. The van der Waals surface area contributed by atoms with Crippen LogP contribution >= 0.6 is 0 Å². The maximum Gasteiger partial charge on any atom is 0.224 e. The molecule has 2 N–H and O–H groups in total. The van der Waals surface area contributed by atoms with Crippen molar-refractivity contribution in [3.8, 4) is 0 Å². The molecule has 0 fully saturated rings. The Morgan fingerprint density at radius 1 is 1.29 bits per heavy atom. The number of aromatic nitrogens is 2. The monoisotopic (exact) mass is 284 g/mol. The Hall–Kier alpha value is -2.14. The highest BCUT2D eigenvalue weighted by molar-refractivity contribution is 5.47. The molecule has 1 aliphatic heterocycles. The first kappa shape index (κ1) is 13.8. The summed E-state index contributed by atoms with van der Waals surface area (Å²) in [5.74, 6) is 1.49. The second kappa shape index (κ2) is 6.10. The predicted molar refractivity (Wildman–Crippen MR) is 83.4 cm³/mol. The van der Waals surface area contributed by atoms with Crippen LogP contribution < -0.4 is 10.2 Å². The molecule has 1 aliphatic rings. The summed E-state index contributed by atoms with van der Waals surface area (Å²) < 4.78 is 0. The fourth-order valence-corrected chi connectivity index (χ4v) is 2.75. The first-order chi connectivity index (χ1) is 10.3. The van der Waals surface area contributed by atoms with Crippen LogP contribution in [0.4, 0.5) is 11.8 Å². The molecule has 0 spiro atoms. The Labute approximate surface area is 124 Å². The molecule has 1 aromatic carbocycles. The summed E-state index contributed by atoms with van der Waals surface area (Å²) in [5, 5.41) is 11.9. The van der Waals surface area contributed by atoms with E-state index in [0.717, 1.165) is 18.8 Å². The fraction of sp³-hybridized carbons (Fsp3) is 0.375. The van der Waals surface area contributed by atoms with Crippen molar-refractivity contribution in [1.82, 2.24) is 9.97 Å². The predicted octanol–water partition coefficient (Wildman–Crippen LogP) is 1.83. The fourth-order valence-electron chi connectivity index (χ4n) is 2.75. The van der Waals surface area contributed by atoms with Gasteiger partial charge in [-0.2, -0.15) is 4.98 Å². The van der Waals surface area contributed by atoms with E-state index in [1.165, 1.54) is 11.1 Å². The zero-order valence-corrected chi connectivity index (χ0v) is 12.2. The molecule has 0 saturated heterocycles. The second-order valence-corrected chi connectivity index (χ2v) is 5.34. The van der Waals surface area contributed by atoms with Crippen molar-refractivity contribution in [3.05, 3.63) is 47.7 Å². The minimum absolute atomic E-state index is 0.0705. The number of fused-ring (bicyclic) bond motifs is 1. The lowest BCUT2D eigenvalue weighted by atomic mass is 9.95. The van der Waals surface area contributed by atoms with E-state index in [4.69, 9.17) is 5.11 Å². The molecule has 5 nitrogen and oxygen atoms in total. The highest BCUT2D eigenvalue weighted by atomic mass is 16.3. The molecule has 5 heteroatoms. The van der Waals surface area contributed by atoms with Crippen molar-refractivity contribution in [2.45, 2.75) is 25.9 Å². The zero-order valence-electron chi connectivity index (χ0n) is 12.2. The highest BCUT2D eigenvalue weighted by Crippen LogP contribution is 2.27. The third-order valence-electron chi connectivity index (χ3n) is 3.84. The molecular formula is C16H20N4O. The Morgan fingerprint density at radius 2 is 2.10 bits per heavy atom. The minimum atomic E-state index is 0.0705. The summed E-state index contributed by atoms with van der Waals surface area (Å²) in [7, 11) is 0. The van der Waals surface area contributed by atoms with Crippen LogP contribution in [-0.2, 0) is 13.0 Å². The molecule has 1 aromatic heterocycles. The molecule has 0 radical (unpaired) electrons. The zero-order chi connectivity index (χ0) is 14.7. The number of nitrogens with zero attached hydrogens (tertiary/aromatic N) is 3. The molecule has 1 atom stereocenters. The molecule has 2 aromatic rings. The molecule has 110 valence electrons. The lowest BCUT2D eigenvalue weighted by Gasteiger charge is -2.35. The van der Waals surface area contributed by atoms with Crippen LogP contribution in [0.2, 0.25) is 0 Å². The van der Waals surface area contributed by atoms with E-state index >= 15 is 0 Å². The van der Waals surface area contributed by atoms with E-state index < -0.39 is 0 Å². The second-order valence-electron chi connectivity index (χ2n) is 5.34. The SMILES string of the molecule is C[C@H]1Cc2ccccc2CN1c1ccnc(NCCO)n1. The van der Waals surface area contributed by atoms with Crippen LogP contribution in [-0.4, -0.2) is 34.3 Å². The third-order valence-corrected chi connectivity index (χ3v) is 3.84. The van der Waals surface area contributed by atoms with Crippen molar-refractivity contribution in [3.63, 3.8) is 0 Å². The minimum Gasteiger partial charge on any atom is -0.395 e. The molecule has 0 saturated carbocycles. The number of aliphatic hydroxyl groups is 1. The molecule has 2 heterocycles. The van der Waals surface area contributed by atoms with Crippen LogP contribution in [0.15, 0.2) is 36.5 Å². The summed E-state index contributed by atoms with van der Waals surface area (Å²) in [6.07, 6.45) is 2.79. The van der Waals surface area contributed by atoms with Crippen LogP contribution in [0.5, 0.6) is 0 Å². The van der Waals surface area contributed by atoms with Gasteiger partial charge >= 0.3 is 0 Å². The van der Waals surface area contributed by atoms with Gasteiger partial charge in [0.2, 0.25) is 5.95 Å². The lowest BCUT2D eigenvalue weighted by molar-refractivity contribution is 0.311. The standard InChI is InChI=1S/C16H20N4O/c1-12-10-13-4-2-3-5-14(13)11-20(12)15-6-7-17-16(19-15)18-8-9-21/h2-7,12,21H,8-11H2,1H3,(H,17,18,19)/t12-/m0/s1. The van der Waals surface area contributed by atoms with E-state index in [2.05, 4.69) is 51.4 Å². The molecule has 0 amide bonds. The van der Waals surface area contributed by atoms with Gasteiger partial charge in [-0.05, 0) is 30.5 Å². The highest BCUT2D eigenvalue weighted by Gasteiger charge is 2.23. The summed E-state index contributed by atoms with van der Waals surface area (Å²) in [6.45, 7) is 3.62. The van der Waals surface area contributed by atoms with Crippen molar-refractivity contribution < 1.29 is 5.11 Å². The summed E-state index contributed by atoms with van der Waals surface area (Å²) in [4.78, 5) is 11.0. The molecule has 0 aliphatic carbocycles. The smallest absolute Gasteiger partial charge is 0.224 e. The number of benzene rings is 1. The van der Waals surface area contributed by atoms with Crippen molar-refractivity contribution in [1.29, 1.82) is 0 Å². The largest absolute Gasteiger partial charge is 0.395 e. The van der Waals surface area contributed by atoms with E-state index in [-0.39, 0.29) is 6.61 Å². The number of hydrogen-bond acceptors (Lipinski definition) is 5. The number of hydrogen-bond donors (Lipinski definition) is 2. The Kier molecular flexibility index (Phi) is 4.01. The maximum absolute atomic E-state index is 8.87. The van der Waals surface area contributed by atoms with Gasteiger partial charge in [0.1, 0.15) is 5.82 Å². The van der Waals surface area contributed by atoms with Gasteiger partial charge in [-0.15, -0.1) is 0 Å². The quantitative estimate of drug-likeness (QED) is 0.897. The van der Waals surface area contributed by atoms with Gasteiger partial charge in [0.15, 0.2) is 0 Å². The normalized spacial score (nSPS) is 17.4. The van der Waals surface area contributed by atoms with Crippen LogP contribution in [0.3, 0.4) is 0 Å². The van der Waals surface area contributed by atoms with Crippen LogP contribution in [0.1, 0.15) is 18.1 Å². The van der Waals surface area contributed by atoms with E-state index in [1.54, 1.807) is 6.20 Å². The van der Waals surface area contributed by atoms with Gasteiger partial charge in [-0.25, -0.2) is 4.98 Å². The molecule has 0 unspecified atom stereocenters. The number of nitrogens with one attached hydrogen (secondary N) is 1. The van der Waals surface area contributed by atoms with E-state index in [0.29, 0.717) is 18.5 Å². The van der Waals surface area contributed by atoms with Crippen molar-refractivity contribution in [2.24, 2.45) is 0 Å². The van der Waals surface area contributed by atoms with Gasteiger partial charge in [0.25, 0.3) is 0 Å². The maximum atomic E-state index is 8.87. The molecule has 3 rings (SSSR count). The number of aliphatic hydroxyl groups excluding tert-OH is 1. The van der Waals surface area contributed by atoms with Gasteiger partial charge in [-0.1, -0.05) is 24.3 Å². The van der Waals surface area contributed by atoms with E-state index in [9.17, 15) is 0 Å². The van der Waals surface area contributed by atoms with Gasteiger partial charge in [-0.3, -0.25) is 0 Å². The van der Waals surface area contributed by atoms with Crippen molar-refractivity contribution >= 4 is 11.8 Å². The molecular weight excluding hydrogens is 264 g/mol. The van der Waals surface area contributed by atoms with Crippen molar-refractivity contribution in [2.75, 3.05) is 23.4 Å². The molecule has 21 heavy (non-hydrogen) atoms. The third kappa shape index (κ3) is 2.97. The molecule has 0 bridgehead atoms. The first-order valence-corrected chi connectivity index (χ1v) is 7.29. The van der Waals surface area contributed by atoms with Gasteiger partial charge < -0.3 is 15.3 Å². The van der Waals surface area contributed by atoms with E-state index in [1.807, 2.05) is 6.07 Å². The van der Waals surface area contributed by atoms with Gasteiger partial charge in [0, 0.05) is 25.3 Å². The average Bonchev–Trinajstić information content (AvgIpc) is 2.52. The Bertz CT molecular complexity index is 617. The first-order valence-electron chi connectivity index (χ1n) is 7.29. The van der Waals surface area contributed by atoms with Crippen LogP contribution in [0, 0.1) is 0 Å². The summed E-state index contributed by atoms with van der Waals surface area (Å²) in [6, 6.07) is 10.9. The summed E-state index contributed by atoms with van der Waals surface area (Å²) >= 11 is 0. The van der Waals surface area contributed by atoms with Crippen LogP contribution in [0.25, 0.3) is 0 Å².